The zero-order valence-electron chi connectivity index (χ0n) is 12.9. The quantitative estimate of drug-likeness (QED) is 0.657. The number of esters is 2. The third-order valence-electron chi connectivity index (χ3n) is 3.81. The van der Waals surface area contributed by atoms with Crippen molar-refractivity contribution in [3.63, 3.8) is 0 Å². The van der Waals surface area contributed by atoms with Crippen molar-refractivity contribution in [2.45, 2.75) is 16.4 Å². The van der Waals surface area contributed by atoms with Crippen molar-refractivity contribution in [2.24, 2.45) is 0 Å². The fourth-order valence-electron chi connectivity index (χ4n) is 2.82. The van der Waals surface area contributed by atoms with Crippen LogP contribution in [0.4, 0.5) is 0 Å². The molecule has 1 fully saturated rings. The molecule has 0 spiro atoms. The summed E-state index contributed by atoms with van der Waals surface area (Å²) >= 11 is 0. The van der Waals surface area contributed by atoms with Crippen LogP contribution in [0.3, 0.4) is 0 Å². The number of hydrogen-bond acceptors (Lipinski definition) is 8. The molecule has 0 N–H and O–H groups in total. The molecule has 8 nitrogen and oxygen atoms in total. The van der Waals surface area contributed by atoms with Crippen LogP contribution in [0.5, 0.6) is 0 Å². The van der Waals surface area contributed by atoms with Crippen molar-refractivity contribution in [1.29, 1.82) is 0 Å². The van der Waals surface area contributed by atoms with Crippen LogP contribution in [-0.2, 0) is 38.7 Å². The van der Waals surface area contributed by atoms with Crippen molar-refractivity contribution < 1.29 is 35.9 Å². The van der Waals surface area contributed by atoms with Gasteiger partial charge in [0.25, 0.3) is 0 Å². The predicted octanol–water partition coefficient (Wildman–Crippen LogP) is -0.346. The molecule has 1 saturated heterocycles. The van der Waals surface area contributed by atoms with Gasteiger partial charge >= 0.3 is 11.9 Å². The number of rotatable bonds is 3. The van der Waals surface area contributed by atoms with Crippen LogP contribution in [0.1, 0.15) is 11.5 Å². The Labute approximate surface area is 139 Å². The molecule has 10 heteroatoms. The van der Waals surface area contributed by atoms with E-state index >= 15 is 0 Å². The lowest BCUT2D eigenvalue weighted by atomic mass is 9.91. The summed E-state index contributed by atoms with van der Waals surface area (Å²) in [6.45, 7) is 0. The van der Waals surface area contributed by atoms with Gasteiger partial charge in [-0.25, -0.2) is 16.8 Å². The topological polar surface area (TPSA) is 121 Å². The smallest absolute Gasteiger partial charge is 0.324 e. The second-order valence-electron chi connectivity index (χ2n) is 5.27. The molecule has 0 radical (unpaired) electrons. The Morgan fingerprint density at radius 2 is 1.29 bits per heavy atom. The number of hydrogen-bond donors (Lipinski definition) is 0. The summed E-state index contributed by atoms with van der Waals surface area (Å²) in [6, 6.07) is 7.63. The van der Waals surface area contributed by atoms with Crippen LogP contribution in [0, 0.1) is 0 Å². The summed E-state index contributed by atoms with van der Waals surface area (Å²) in [7, 11) is -6.78. The zero-order chi connectivity index (χ0) is 18.1. The van der Waals surface area contributed by atoms with Crippen molar-refractivity contribution in [3.8, 4) is 0 Å². The summed E-state index contributed by atoms with van der Waals surface area (Å²) < 4.78 is 58.7. The van der Waals surface area contributed by atoms with E-state index in [9.17, 15) is 26.4 Å². The highest BCUT2D eigenvalue weighted by Gasteiger charge is 2.58. The molecule has 1 aromatic rings. The van der Waals surface area contributed by atoms with Gasteiger partial charge in [-0.05, 0) is 5.56 Å². The molecule has 1 aliphatic rings. The predicted molar refractivity (Wildman–Crippen MR) is 83.5 cm³/mol. The molecule has 0 bridgehead atoms. The van der Waals surface area contributed by atoms with Crippen LogP contribution in [0.25, 0.3) is 0 Å². The molecular weight excluding hydrogens is 360 g/mol. The van der Waals surface area contributed by atoms with Gasteiger partial charge in [0.2, 0.25) is 0 Å². The summed E-state index contributed by atoms with van der Waals surface area (Å²) in [4.78, 5) is 24.2. The van der Waals surface area contributed by atoms with Crippen LogP contribution >= 0.6 is 0 Å². The molecule has 0 amide bonds. The SMILES string of the molecule is COC(=O)[C@@H]1C(c2ccccc2)[C@H](C(=O)OC)S(=O)(=O)CS1(=O)=O. The Balaban J connectivity index is 2.77. The lowest BCUT2D eigenvalue weighted by Crippen LogP contribution is -2.55. The number of methoxy groups -OCH3 is 2. The average molecular weight is 376 g/mol. The molecule has 0 aliphatic carbocycles. The molecular formula is C14H16O8S2. The minimum Gasteiger partial charge on any atom is -0.468 e. The zero-order valence-corrected chi connectivity index (χ0v) is 14.5. The van der Waals surface area contributed by atoms with Gasteiger partial charge in [-0.2, -0.15) is 0 Å². The van der Waals surface area contributed by atoms with Gasteiger partial charge in [-0.15, -0.1) is 0 Å². The number of sulfone groups is 2. The van der Waals surface area contributed by atoms with E-state index < -0.39 is 53.1 Å². The number of ether oxygens (including phenoxy) is 2. The van der Waals surface area contributed by atoms with Crippen molar-refractivity contribution in [3.05, 3.63) is 35.9 Å². The first kappa shape index (κ1) is 18.4. The van der Waals surface area contributed by atoms with Crippen LogP contribution in [0.15, 0.2) is 30.3 Å². The minimum absolute atomic E-state index is 0.218. The Kier molecular flexibility index (Phi) is 5.00. The molecule has 0 aromatic heterocycles. The minimum atomic E-state index is -4.38. The molecule has 3 atom stereocenters. The normalized spacial score (nSPS) is 27.8. The Bertz CT molecular complexity index is 790. The molecule has 1 heterocycles. The van der Waals surface area contributed by atoms with E-state index in [1.165, 1.54) is 12.1 Å². The van der Waals surface area contributed by atoms with Gasteiger partial charge in [-0.3, -0.25) is 9.59 Å². The van der Waals surface area contributed by atoms with Crippen LogP contribution in [0.2, 0.25) is 0 Å². The monoisotopic (exact) mass is 376 g/mol. The first-order valence-electron chi connectivity index (χ1n) is 6.79. The third kappa shape index (κ3) is 3.16. The van der Waals surface area contributed by atoms with Crippen molar-refractivity contribution in [1.82, 2.24) is 0 Å². The van der Waals surface area contributed by atoms with Crippen molar-refractivity contribution in [2.75, 3.05) is 19.3 Å². The average Bonchev–Trinajstić information content (AvgIpc) is 2.52. The van der Waals surface area contributed by atoms with Gasteiger partial charge in [0.05, 0.1) is 14.2 Å². The van der Waals surface area contributed by atoms with Gasteiger partial charge in [0.1, 0.15) is 0 Å². The van der Waals surface area contributed by atoms with E-state index in [1.807, 2.05) is 0 Å². The van der Waals surface area contributed by atoms with E-state index in [0.717, 1.165) is 14.2 Å². The largest absolute Gasteiger partial charge is 0.468 e. The lowest BCUT2D eigenvalue weighted by molar-refractivity contribution is -0.142. The maximum absolute atomic E-state index is 12.4. The summed E-state index contributed by atoms with van der Waals surface area (Å²) in [5.41, 5.74) is 0.218. The third-order valence-corrected chi connectivity index (χ3v) is 8.95. The second kappa shape index (κ2) is 6.52. The Morgan fingerprint density at radius 1 is 0.875 bits per heavy atom. The van der Waals surface area contributed by atoms with E-state index in [4.69, 9.17) is 0 Å². The standard InChI is InChI=1S/C14H16O8S2/c1-21-13(15)11-10(9-6-4-3-5-7-9)12(14(16)22-2)24(19,20)8-23(11,17)18/h3-7,10-12H,8H2,1-2H3/t10?,11-,12+. The highest BCUT2D eigenvalue weighted by molar-refractivity contribution is 8.09. The highest BCUT2D eigenvalue weighted by atomic mass is 32.3. The molecule has 0 saturated carbocycles. The van der Waals surface area contributed by atoms with E-state index in [1.54, 1.807) is 18.2 Å². The number of carbonyl (C=O) groups excluding carboxylic acids is 2. The summed E-state index contributed by atoms with van der Waals surface area (Å²) in [5.74, 6) is -3.69. The fourth-order valence-corrected chi connectivity index (χ4v) is 8.23. The van der Waals surface area contributed by atoms with Gasteiger partial charge in [0, 0.05) is 5.92 Å². The van der Waals surface area contributed by atoms with E-state index in [-0.39, 0.29) is 5.56 Å². The van der Waals surface area contributed by atoms with Gasteiger partial charge in [0.15, 0.2) is 35.3 Å². The molecule has 1 unspecified atom stereocenters. The van der Waals surface area contributed by atoms with E-state index in [2.05, 4.69) is 9.47 Å². The lowest BCUT2D eigenvalue weighted by Gasteiger charge is -2.34. The molecule has 2 rings (SSSR count). The number of benzene rings is 1. The maximum Gasteiger partial charge on any atom is 0.324 e. The summed E-state index contributed by atoms with van der Waals surface area (Å²) in [5, 5.41) is -4.93. The number of carbonyl (C=O) groups is 2. The van der Waals surface area contributed by atoms with Crippen molar-refractivity contribution >= 4 is 31.6 Å². The Morgan fingerprint density at radius 3 is 1.67 bits per heavy atom. The molecule has 1 aliphatic heterocycles. The van der Waals surface area contributed by atoms with Crippen LogP contribution < -0.4 is 0 Å². The fraction of sp³-hybridized carbons (Fsp3) is 0.429. The maximum atomic E-state index is 12.4. The molecule has 24 heavy (non-hydrogen) atoms. The van der Waals surface area contributed by atoms with Gasteiger partial charge < -0.3 is 9.47 Å². The highest BCUT2D eigenvalue weighted by Crippen LogP contribution is 2.39. The second-order valence-corrected chi connectivity index (χ2v) is 9.88. The van der Waals surface area contributed by atoms with Gasteiger partial charge in [-0.1, -0.05) is 30.3 Å². The molecule has 1 aromatic carbocycles. The molecule has 132 valence electrons. The Hall–Kier alpha value is -1.94. The van der Waals surface area contributed by atoms with E-state index in [0.29, 0.717) is 0 Å². The summed E-state index contributed by atoms with van der Waals surface area (Å²) in [6.07, 6.45) is 0. The first-order chi connectivity index (χ1) is 11.2. The van der Waals surface area contributed by atoms with Crippen LogP contribution in [-0.4, -0.2) is 58.6 Å². The first-order valence-corrected chi connectivity index (χ1v) is 10.2.